The molecule has 1 atom stereocenters. The van der Waals surface area contributed by atoms with Crippen LogP contribution in [0.2, 0.25) is 0 Å². The first kappa shape index (κ1) is 14.2. The van der Waals surface area contributed by atoms with Crippen molar-refractivity contribution in [2.24, 2.45) is 0 Å². The average Bonchev–Trinajstić information content (AvgIpc) is 2.42. The van der Waals surface area contributed by atoms with Gasteiger partial charge < -0.3 is 5.32 Å². The van der Waals surface area contributed by atoms with Gasteiger partial charge in [-0.1, -0.05) is 28.1 Å². The Morgan fingerprint density at radius 2 is 1.90 bits per heavy atom. The summed E-state index contributed by atoms with van der Waals surface area (Å²) in [5, 5.41) is 3.67. The maximum atomic E-state index is 3.67. The van der Waals surface area contributed by atoms with Gasteiger partial charge in [-0.05, 0) is 83.1 Å². The molecule has 104 valence electrons. The van der Waals surface area contributed by atoms with E-state index >= 15 is 0 Å². The van der Waals surface area contributed by atoms with E-state index in [0.717, 1.165) is 17.3 Å². The molecule has 0 heterocycles. The van der Waals surface area contributed by atoms with Gasteiger partial charge in [0, 0.05) is 20.7 Å². The van der Waals surface area contributed by atoms with Gasteiger partial charge in [-0.3, -0.25) is 0 Å². The van der Waals surface area contributed by atoms with Crippen LogP contribution in [0.1, 0.15) is 23.1 Å². The molecule has 0 bridgehead atoms. The fourth-order valence-electron chi connectivity index (χ4n) is 2.80. The Bertz CT molecular complexity index is 637. The van der Waals surface area contributed by atoms with Crippen molar-refractivity contribution >= 4 is 37.5 Å². The Morgan fingerprint density at radius 1 is 1.05 bits per heavy atom. The van der Waals surface area contributed by atoms with E-state index in [0.29, 0.717) is 6.04 Å². The van der Waals surface area contributed by atoms with Crippen LogP contribution in [0.3, 0.4) is 0 Å². The van der Waals surface area contributed by atoms with Crippen LogP contribution in [0.5, 0.6) is 0 Å². The second-order valence-electron chi connectivity index (χ2n) is 5.48. The lowest BCUT2D eigenvalue weighted by molar-refractivity contribution is 0.610. The van der Waals surface area contributed by atoms with Gasteiger partial charge in [-0.15, -0.1) is 0 Å². The Balaban J connectivity index is 1.75. The SMILES string of the molecule is Cc1ccc(NC2CCc3cc(Br)ccc3C2)c(Br)c1. The van der Waals surface area contributed by atoms with Gasteiger partial charge in [-0.2, -0.15) is 0 Å². The first-order valence-electron chi connectivity index (χ1n) is 6.92. The van der Waals surface area contributed by atoms with Crippen LogP contribution in [-0.2, 0) is 12.8 Å². The van der Waals surface area contributed by atoms with Crippen molar-refractivity contribution in [3.05, 3.63) is 62.0 Å². The summed E-state index contributed by atoms with van der Waals surface area (Å²) in [6.07, 6.45) is 3.43. The number of aryl methyl sites for hydroxylation is 2. The maximum Gasteiger partial charge on any atom is 0.0487 e. The van der Waals surface area contributed by atoms with E-state index in [1.165, 1.54) is 33.3 Å². The molecule has 1 aliphatic carbocycles. The molecule has 20 heavy (non-hydrogen) atoms. The average molecular weight is 395 g/mol. The highest BCUT2D eigenvalue weighted by atomic mass is 79.9. The highest BCUT2D eigenvalue weighted by molar-refractivity contribution is 9.10. The summed E-state index contributed by atoms with van der Waals surface area (Å²) in [6, 6.07) is 13.6. The highest BCUT2D eigenvalue weighted by Crippen LogP contribution is 2.29. The molecule has 1 aliphatic rings. The smallest absolute Gasteiger partial charge is 0.0487 e. The van der Waals surface area contributed by atoms with Crippen LogP contribution >= 0.6 is 31.9 Å². The molecule has 1 N–H and O–H groups in total. The van der Waals surface area contributed by atoms with E-state index in [1.54, 1.807) is 0 Å². The third-order valence-corrected chi connectivity index (χ3v) is 5.03. The molecule has 0 saturated heterocycles. The van der Waals surface area contributed by atoms with Gasteiger partial charge in [0.05, 0.1) is 0 Å². The third-order valence-electron chi connectivity index (χ3n) is 3.88. The number of hydrogen-bond donors (Lipinski definition) is 1. The Hall–Kier alpha value is -0.800. The molecule has 1 unspecified atom stereocenters. The van der Waals surface area contributed by atoms with Crippen molar-refractivity contribution in [2.45, 2.75) is 32.2 Å². The van der Waals surface area contributed by atoms with Crippen molar-refractivity contribution in [1.29, 1.82) is 0 Å². The van der Waals surface area contributed by atoms with E-state index in [2.05, 4.69) is 80.5 Å². The normalized spacial score (nSPS) is 17.6. The number of nitrogens with one attached hydrogen (secondary N) is 1. The van der Waals surface area contributed by atoms with Crippen molar-refractivity contribution < 1.29 is 0 Å². The summed E-state index contributed by atoms with van der Waals surface area (Å²) in [7, 11) is 0. The summed E-state index contributed by atoms with van der Waals surface area (Å²) in [6.45, 7) is 2.11. The van der Waals surface area contributed by atoms with E-state index in [4.69, 9.17) is 0 Å². The lowest BCUT2D eigenvalue weighted by Crippen LogP contribution is -2.27. The molecule has 2 aromatic rings. The molecular formula is C17H17Br2N. The zero-order valence-corrected chi connectivity index (χ0v) is 14.6. The van der Waals surface area contributed by atoms with Gasteiger partial charge in [0.15, 0.2) is 0 Å². The van der Waals surface area contributed by atoms with Crippen molar-refractivity contribution in [2.75, 3.05) is 5.32 Å². The van der Waals surface area contributed by atoms with Crippen molar-refractivity contribution in [1.82, 2.24) is 0 Å². The Kier molecular flexibility index (Phi) is 4.18. The molecule has 0 aliphatic heterocycles. The zero-order valence-electron chi connectivity index (χ0n) is 11.4. The molecule has 3 heteroatoms. The molecule has 3 rings (SSSR count). The van der Waals surface area contributed by atoms with E-state index in [9.17, 15) is 0 Å². The van der Waals surface area contributed by atoms with Crippen LogP contribution in [0, 0.1) is 6.92 Å². The Morgan fingerprint density at radius 3 is 2.70 bits per heavy atom. The molecule has 1 nitrogen and oxygen atoms in total. The quantitative estimate of drug-likeness (QED) is 0.709. The molecule has 0 amide bonds. The van der Waals surface area contributed by atoms with Gasteiger partial charge in [0.2, 0.25) is 0 Å². The van der Waals surface area contributed by atoms with Gasteiger partial charge in [-0.25, -0.2) is 0 Å². The van der Waals surface area contributed by atoms with Crippen molar-refractivity contribution in [3.63, 3.8) is 0 Å². The molecule has 0 spiro atoms. The van der Waals surface area contributed by atoms with E-state index in [-0.39, 0.29) is 0 Å². The van der Waals surface area contributed by atoms with Gasteiger partial charge >= 0.3 is 0 Å². The molecule has 0 saturated carbocycles. The number of fused-ring (bicyclic) bond motifs is 1. The second-order valence-corrected chi connectivity index (χ2v) is 7.25. The van der Waals surface area contributed by atoms with Crippen molar-refractivity contribution in [3.8, 4) is 0 Å². The largest absolute Gasteiger partial charge is 0.381 e. The van der Waals surface area contributed by atoms with E-state index < -0.39 is 0 Å². The molecule has 0 radical (unpaired) electrons. The fraction of sp³-hybridized carbons (Fsp3) is 0.294. The minimum absolute atomic E-state index is 0.516. The van der Waals surface area contributed by atoms with Crippen LogP contribution in [0.15, 0.2) is 45.3 Å². The summed E-state index contributed by atoms with van der Waals surface area (Å²) in [5.74, 6) is 0. The summed E-state index contributed by atoms with van der Waals surface area (Å²) < 4.78 is 2.34. The molecule has 0 fully saturated rings. The van der Waals surface area contributed by atoms with Gasteiger partial charge in [0.25, 0.3) is 0 Å². The van der Waals surface area contributed by atoms with Crippen LogP contribution in [0.25, 0.3) is 0 Å². The molecular weight excluding hydrogens is 378 g/mol. The lowest BCUT2D eigenvalue weighted by atomic mass is 9.88. The first-order valence-corrected chi connectivity index (χ1v) is 8.50. The van der Waals surface area contributed by atoms with Gasteiger partial charge in [0.1, 0.15) is 0 Å². The number of anilines is 1. The third kappa shape index (κ3) is 3.09. The Labute approximate surface area is 137 Å². The fourth-order valence-corrected chi connectivity index (χ4v) is 3.82. The number of benzene rings is 2. The summed E-state index contributed by atoms with van der Waals surface area (Å²) in [4.78, 5) is 0. The van der Waals surface area contributed by atoms with E-state index in [1.807, 2.05) is 0 Å². The minimum Gasteiger partial charge on any atom is -0.381 e. The molecule has 0 aromatic heterocycles. The van der Waals surface area contributed by atoms with Crippen LogP contribution in [-0.4, -0.2) is 6.04 Å². The standard InChI is InChI=1S/C17H17Br2N/c1-11-2-7-17(16(19)8-11)20-15-6-4-12-9-14(18)5-3-13(12)10-15/h2-3,5,7-9,15,20H,4,6,10H2,1H3. The zero-order chi connectivity index (χ0) is 14.1. The number of rotatable bonds is 2. The predicted molar refractivity (Wildman–Crippen MR) is 92.5 cm³/mol. The van der Waals surface area contributed by atoms with Crippen LogP contribution < -0.4 is 5.32 Å². The second kappa shape index (κ2) is 5.90. The predicted octanol–water partition coefficient (Wildman–Crippen LogP) is 5.49. The topological polar surface area (TPSA) is 12.0 Å². The minimum atomic E-state index is 0.516. The maximum absolute atomic E-state index is 3.67. The lowest BCUT2D eigenvalue weighted by Gasteiger charge is -2.27. The summed E-state index contributed by atoms with van der Waals surface area (Å²) >= 11 is 7.20. The highest BCUT2D eigenvalue weighted by Gasteiger charge is 2.19. The van der Waals surface area contributed by atoms with Crippen LogP contribution in [0.4, 0.5) is 5.69 Å². The number of hydrogen-bond acceptors (Lipinski definition) is 1. The number of halogens is 2. The summed E-state index contributed by atoms with van der Waals surface area (Å²) in [5.41, 5.74) is 5.43. The molecule has 2 aromatic carbocycles. The first-order chi connectivity index (χ1) is 9.61. The monoisotopic (exact) mass is 393 g/mol.